The Bertz CT molecular complexity index is 206. The highest BCUT2D eigenvalue weighted by Crippen LogP contribution is 2.10. The maximum atomic E-state index is 2.33. The zero-order valence-corrected chi connectivity index (χ0v) is 8.13. The van der Waals surface area contributed by atoms with Gasteiger partial charge in [-0.3, -0.25) is 0 Å². The average Bonchev–Trinajstić information content (AvgIpc) is 1.88. The minimum atomic E-state index is 1.11. The summed E-state index contributed by atoms with van der Waals surface area (Å²) in [6, 6.07) is 8.51. The first kappa shape index (κ1) is 8.05. The van der Waals surface area contributed by atoms with Crippen molar-refractivity contribution in [3.8, 4) is 0 Å². The van der Waals surface area contributed by atoms with Crippen LogP contribution in [0.3, 0.4) is 0 Å². The Morgan fingerprint density at radius 3 is 2.90 bits per heavy atom. The molecule has 0 N–H and O–H groups in total. The normalized spacial score (nSPS) is 9.80. The first-order chi connectivity index (χ1) is 4.83. The molecule has 0 heterocycles. The van der Waals surface area contributed by atoms with Crippen LogP contribution in [0.25, 0.3) is 0 Å². The molecule has 0 aliphatic heterocycles. The van der Waals surface area contributed by atoms with Crippen LogP contribution >= 0.6 is 22.6 Å². The molecule has 0 aliphatic carbocycles. The van der Waals surface area contributed by atoms with Crippen LogP contribution in [0.4, 0.5) is 0 Å². The highest BCUT2D eigenvalue weighted by atomic mass is 127. The van der Waals surface area contributed by atoms with E-state index in [0.717, 1.165) is 6.42 Å². The summed E-state index contributed by atoms with van der Waals surface area (Å²) in [6.45, 7) is 2.15. The lowest BCUT2D eigenvalue weighted by molar-refractivity contribution is 1.12. The topological polar surface area (TPSA) is 0 Å². The Hall–Kier alpha value is -0.0500. The molecule has 1 heteroatoms. The predicted molar refractivity (Wildman–Crippen MR) is 52.9 cm³/mol. The fourth-order valence-electron chi connectivity index (χ4n) is 0.869. The fourth-order valence-corrected chi connectivity index (χ4v) is 1.44. The second kappa shape index (κ2) is 3.96. The quantitative estimate of drug-likeness (QED) is 0.701. The number of benzene rings is 1. The van der Waals surface area contributed by atoms with E-state index in [0.29, 0.717) is 0 Å². The van der Waals surface area contributed by atoms with Crippen molar-refractivity contribution >= 4 is 22.6 Å². The van der Waals surface area contributed by atoms with Crippen LogP contribution in [0.2, 0.25) is 0 Å². The van der Waals surface area contributed by atoms with Gasteiger partial charge in [-0.2, -0.15) is 0 Å². The Morgan fingerprint density at radius 1 is 1.50 bits per heavy atom. The Morgan fingerprint density at radius 2 is 2.30 bits per heavy atom. The third-order valence-corrected chi connectivity index (χ3v) is 1.96. The molecule has 0 saturated heterocycles. The van der Waals surface area contributed by atoms with Crippen LogP contribution in [-0.4, -0.2) is 0 Å². The molecular weight excluding hydrogens is 235 g/mol. The van der Waals surface area contributed by atoms with Gasteiger partial charge in [-0.05, 0) is 53.1 Å². The summed E-state index contributed by atoms with van der Waals surface area (Å²) >= 11 is 2.33. The molecule has 1 aromatic carbocycles. The summed E-state index contributed by atoms with van der Waals surface area (Å²) in [5.74, 6) is 0. The molecule has 0 nitrogen and oxygen atoms in total. The van der Waals surface area contributed by atoms with Gasteiger partial charge in [0.25, 0.3) is 0 Å². The third kappa shape index (κ3) is 2.29. The smallest absolute Gasteiger partial charge is 0.0133 e. The van der Waals surface area contributed by atoms with E-state index in [4.69, 9.17) is 0 Å². The number of hydrogen-bond donors (Lipinski definition) is 0. The van der Waals surface area contributed by atoms with Gasteiger partial charge in [-0.25, -0.2) is 0 Å². The lowest BCUT2D eigenvalue weighted by atomic mass is 10.1. The summed E-state index contributed by atoms with van der Waals surface area (Å²) in [6.07, 6.45) is 3.34. The van der Waals surface area contributed by atoms with Crippen molar-refractivity contribution in [1.29, 1.82) is 0 Å². The van der Waals surface area contributed by atoms with Gasteiger partial charge in [-0.1, -0.05) is 19.1 Å². The monoisotopic (exact) mass is 245 g/mol. The summed E-state index contributed by atoms with van der Waals surface area (Å²) in [5.41, 5.74) is 1.33. The largest absolute Gasteiger partial charge is 0.0648 e. The molecule has 0 unspecified atom stereocenters. The number of halogens is 1. The van der Waals surface area contributed by atoms with Crippen molar-refractivity contribution in [2.45, 2.75) is 13.3 Å². The van der Waals surface area contributed by atoms with Crippen molar-refractivity contribution in [3.63, 3.8) is 0 Å². The van der Waals surface area contributed by atoms with Gasteiger partial charge >= 0.3 is 0 Å². The predicted octanol–water partition coefficient (Wildman–Crippen LogP) is 3.25. The van der Waals surface area contributed by atoms with Crippen molar-refractivity contribution in [1.82, 2.24) is 0 Å². The van der Waals surface area contributed by atoms with E-state index in [1.165, 1.54) is 9.13 Å². The maximum Gasteiger partial charge on any atom is 0.0133 e. The summed E-state index contributed by atoms with van der Waals surface area (Å²) in [4.78, 5) is 0. The molecule has 0 saturated carbocycles. The van der Waals surface area contributed by atoms with Crippen molar-refractivity contribution < 1.29 is 0 Å². The summed E-state index contributed by atoms with van der Waals surface area (Å²) < 4.78 is 1.31. The van der Waals surface area contributed by atoms with Gasteiger partial charge in [0.2, 0.25) is 0 Å². The molecule has 1 rings (SSSR count). The first-order valence-electron chi connectivity index (χ1n) is 3.41. The third-order valence-electron chi connectivity index (χ3n) is 1.29. The SMILES string of the molecule is CC[CH]c1cccc(I)c1. The molecule has 10 heavy (non-hydrogen) atoms. The second-order valence-electron chi connectivity index (χ2n) is 2.17. The zero-order chi connectivity index (χ0) is 7.40. The lowest BCUT2D eigenvalue weighted by Crippen LogP contribution is -1.79. The molecule has 1 radical (unpaired) electrons. The Kier molecular flexibility index (Phi) is 3.19. The van der Waals surface area contributed by atoms with Gasteiger partial charge < -0.3 is 0 Å². The number of hydrogen-bond acceptors (Lipinski definition) is 0. The van der Waals surface area contributed by atoms with Crippen LogP contribution in [-0.2, 0) is 0 Å². The summed E-state index contributed by atoms with van der Waals surface area (Å²) in [5, 5.41) is 0. The van der Waals surface area contributed by atoms with Crippen LogP contribution in [0, 0.1) is 9.99 Å². The molecule has 53 valence electrons. The van der Waals surface area contributed by atoms with E-state index in [1.807, 2.05) is 0 Å². The molecule has 0 bridgehead atoms. The van der Waals surface area contributed by atoms with E-state index in [1.54, 1.807) is 0 Å². The first-order valence-corrected chi connectivity index (χ1v) is 4.49. The average molecular weight is 245 g/mol. The fraction of sp³-hybridized carbons (Fsp3) is 0.222. The van der Waals surface area contributed by atoms with Gasteiger partial charge in [-0.15, -0.1) is 0 Å². The second-order valence-corrected chi connectivity index (χ2v) is 3.41. The Labute approximate surface area is 75.8 Å². The maximum absolute atomic E-state index is 2.33. The van der Waals surface area contributed by atoms with Gasteiger partial charge in [0, 0.05) is 3.57 Å². The van der Waals surface area contributed by atoms with Crippen molar-refractivity contribution in [3.05, 3.63) is 39.8 Å². The molecule has 0 atom stereocenters. The lowest BCUT2D eigenvalue weighted by Gasteiger charge is -1.96. The highest BCUT2D eigenvalue weighted by Gasteiger charge is 1.90. The van der Waals surface area contributed by atoms with Crippen LogP contribution in [0.15, 0.2) is 24.3 Å². The molecule has 0 spiro atoms. The van der Waals surface area contributed by atoms with Crippen LogP contribution in [0.5, 0.6) is 0 Å². The van der Waals surface area contributed by atoms with Crippen molar-refractivity contribution in [2.24, 2.45) is 0 Å². The molecule has 0 amide bonds. The molecule has 0 aromatic heterocycles. The highest BCUT2D eigenvalue weighted by molar-refractivity contribution is 14.1. The van der Waals surface area contributed by atoms with E-state index in [9.17, 15) is 0 Å². The van der Waals surface area contributed by atoms with Crippen LogP contribution in [0.1, 0.15) is 18.9 Å². The van der Waals surface area contributed by atoms with Gasteiger partial charge in [0.05, 0.1) is 0 Å². The molecule has 1 aromatic rings. The van der Waals surface area contributed by atoms with E-state index >= 15 is 0 Å². The van der Waals surface area contributed by atoms with Crippen molar-refractivity contribution in [2.75, 3.05) is 0 Å². The Balaban J connectivity index is 2.75. The minimum Gasteiger partial charge on any atom is -0.0648 e. The summed E-state index contributed by atoms with van der Waals surface area (Å²) in [7, 11) is 0. The van der Waals surface area contributed by atoms with Crippen LogP contribution < -0.4 is 0 Å². The van der Waals surface area contributed by atoms with E-state index in [2.05, 4.69) is 60.2 Å². The van der Waals surface area contributed by atoms with Gasteiger partial charge in [0.1, 0.15) is 0 Å². The number of rotatable bonds is 2. The standard InChI is InChI=1S/C9H10I/c1-2-4-8-5-3-6-9(10)7-8/h3-7H,2H2,1H3. The molecule has 0 fully saturated rings. The van der Waals surface area contributed by atoms with E-state index in [-0.39, 0.29) is 0 Å². The zero-order valence-electron chi connectivity index (χ0n) is 5.97. The van der Waals surface area contributed by atoms with E-state index < -0.39 is 0 Å². The van der Waals surface area contributed by atoms with Gasteiger partial charge in [0.15, 0.2) is 0 Å². The molecule has 0 aliphatic rings. The minimum absolute atomic E-state index is 1.11. The molecular formula is C9H10I.